The van der Waals surface area contributed by atoms with Crippen LogP contribution in [0, 0.1) is 0 Å². The molecule has 1 aromatic carbocycles. The maximum absolute atomic E-state index is 11.8. The number of esters is 1. The van der Waals surface area contributed by atoms with Crippen LogP contribution in [0.3, 0.4) is 0 Å². The third-order valence-corrected chi connectivity index (χ3v) is 2.68. The van der Waals surface area contributed by atoms with Gasteiger partial charge < -0.3 is 14.9 Å². The average Bonchev–Trinajstić information content (AvgIpc) is 2.28. The number of benzene rings is 1. The van der Waals surface area contributed by atoms with Crippen molar-refractivity contribution in [3.8, 4) is 11.5 Å². The molecule has 0 amide bonds. The number of carbonyl (C=O) groups excluding carboxylic acids is 1. The molecule has 0 spiro atoms. The van der Waals surface area contributed by atoms with Gasteiger partial charge in [-0.25, -0.2) is 4.79 Å². The van der Waals surface area contributed by atoms with Crippen molar-refractivity contribution in [3.63, 3.8) is 0 Å². The zero-order valence-corrected chi connectivity index (χ0v) is 10.4. The quantitative estimate of drug-likeness (QED) is 0.790. The van der Waals surface area contributed by atoms with Crippen molar-refractivity contribution >= 4 is 5.97 Å². The number of rotatable bonds is 4. The first-order valence-corrected chi connectivity index (χ1v) is 5.80. The van der Waals surface area contributed by atoms with Crippen LogP contribution >= 0.6 is 0 Å². The summed E-state index contributed by atoms with van der Waals surface area (Å²) in [5.74, 6) is -0.686. The van der Waals surface area contributed by atoms with Crippen molar-refractivity contribution in [3.05, 3.63) is 22.8 Å². The van der Waals surface area contributed by atoms with Crippen molar-refractivity contribution in [2.45, 2.75) is 33.6 Å². The van der Waals surface area contributed by atoms with Crippen LogP contribution in [0.25, 0.3) is 0 Å². The topological polar surface area (TPSA) is 66.8 Å². The Bertz CT molecular complexity index is 424. The molecule has 0 aliphatic heterocycles. The second kappa shape index (κ2) is 5.57. The summed E-state index contributed by atoms with van der Waals surface area (Å²) < 4.78 is 4.91. The summed E-state index contributed by atoms with van der Waals surface area (Å²) in [4.78, 5) is 11.8. The molecule has 0 aliphatic rings. The highest BCUT2D eigenvalue weighted by Crippen LogP contribution is 2.34. The van der Waals surface area contributed by atoms with Gasteiger partial charge in [0.05, 0.1) is 6.61 Å². The minimum absolute atomic E-state index is 0.0231. The van der Waals surface area contributed by atoms with E-state index in [1.54, 1.807) is 13.8 Å². The predicted octanol–water partition coefficient (Wildman–Crippen LogP) is 2.40. The summed E-state index contributed by atoms with van der Waals surface area (Å²) in [5, 5.41) is 19.7. The first-order valence-electron chi connectivity index (χ1n) is 5.80. The van der Waals surface area contributed by atoms with E-state index < -0.39 is 5.97 Å². The zero-order chi connectivity index (χ0) is 13.0. The summed E-state index contributed by atoms with van der Waals surface area (Å²) in [7, 11) is 0. The Hall–Kier alpha value is -1.71. The number of ether oxygens (including phenoxy) is 1. The Morgan fingerprint density at radius 1 is 1.24 bits per heavy atom. The minimum Gasteiger partial charge on any atom is -0.508 e. The Morgan fingerprint density at radius 2 is 1.88 bits per heavy atom. The van der Waals surface area contributed by atoms with Crippen LogP contribution < -0.4 is 0 Å². The summed E-state index contributed by atoms with van der Waals surface area (Å²) in [6.45, 7) is 5.61. The second-order valence-electron chi connectivity index (χ2n) is 3.68. The van der Waals surface area contributed by atoms with Gasteiger partial charge in [-0.1, -0.05) is 13.8 Å². The first kappa shape index (κ1) is 13.4. The van der Waals surface area contributed by atoms with E-state index in [0.29, 0.717) is 24.0 Å². The first-order chi connectivity index (χ1) is 8.06. The normalized spacial score (nSPS) is 10.3. The third kappa shape index (κ3) is 2.52. The molecule has 4 nitrogen and oxygen atoms in total. The van der Waals surface area contributed by atoms with Gasteiger partial charge >= 0.3 is 5.97 Å². The van der Waals surface area contributed by atoms with E-state index >= 15 is 0 Å². The van der Waals surface area contributed by atoms with Gasteiger partial charge in [0.1, 0.15) is 17.1 Å². The molecule has 0 radical (unpaired) electrons. The van der Waals surface area contributed by atoms with Crippen molar-refractivity contribution in [1.29, 1.82) is 0 Å². The summed E-state index contributed by atoms with van der Waals surface area (Å²) in [6, 6.07) is 1.52. The second-order valence-corrected chi connectivity index (χ2v) is 3.68. The lowest BCUT2D eigenvalue weighted by atomic mass is 9.98. The SMILES string of the molecule is CCOC(=O)c1c(CC)cc(O)c(CC)c1O. The van der Waals surface area contributed by atoms with E-state index in [4.69, 9.17) is 4.74 Å². The van der Waals surface area contributed by atoms with Crippen LogP contribution in [0.1, 0.15) is 42.3 Å². The fraction of sp³-hybridized carbons (Fsp3) is 0.462. The van der Waals surface area contributed by atoms with Crippen LogP contribution in [0.15, 0.2) is 6.07 Å². The largest absolute Gasteiger partial charge is 0.508 e. The highest BCUT2D eigenvalue weighted by atomic mass is 16.5. The van der Waals surface area contributed by atoms with Gasteiger partial charge in [-0.15, -0.1) is 0 Å². The molecule has 94 valence electrons. The summed E-state index contributed by atoms with van der Waals surface area (Å²) in [6.07, 6.45) is 0.993. The maximum atomic E-state index is 11.8. The zero-order valence-electron chi connectivity index (χ0n) is 10.4. The van der Waals surface area contributed by atoms with E-state index in [9.17, 15) is 15.0 Å². The third-order valence-electron chi connectivity index (χ3n) is 2.68. The molecule has 0 saturated heterocycles. The average molecular weight is 238 g/mol. The van der Waals surface area contributed by atoms with Crippen LogP contribution in [-0.4, -0.2) is 22.8 Å². The Kier molecular flexibility index (Phi) is 4.37. The molecule has 4 heteroatoms. The van der Waals surface area contributed by atoms with Gasteiger partial charge in [0, 0.05) is 5.56 Å². The minimum atomic E-state index is -0.545. The molecule has 0 aromatic heterocycles. The lowest BCUT2D eigenvalue weighted by molar-refractivity contribution is 0.0521. The molecule has 17 heavy (non-hydrogen) atoms. The summed E-state index contributed by atoms with van der Waals surface area (Å²) in [5.41, 5.74) is 1.14. The van der Waals surface area contributed by atoms with Crippen molar-refractivity contribution in [1.82, 2.24) is 0 Å². The molecular weight excluding hydrogens is 220 g/mol. The maximum Gasteiger partial charge on any atom is 0.342 e. The van der Waals surface area contributed by atoms with Gasteiger partial charge in [0.25, 0.3) is 0 Å². The number of hydrogen-bond acceptors (Lipinski definition) is 4. The lowest BCUT2D eigenvalue weighted by Gasteiger charge is -2.14. The van der Waals surface area contributed by atoms with Gasteiger partial charge in [0.15, 0.2) is 0 Å². The summed E-state index contributed by atoms with van der Waals surface area (Å²) >= 11 is 0. The van der Waals surface area contributed by atoms with E-state index in [-0.39, 0.29) is 23.7 Å². The number of aromatic hydroxyl groups is 2. The number of phenolic OH excluding ortho intramolecular Hbond substituents is 2. The highest BCUT2D eigenvalue weighted by molar-refractivity contribution is 5.95. The van der Waals surface area contributed by atoms with Gasteiger partial charge in [-0.2, -0.15) is 0 Å². The standard InChI is InChI=1S/C13H18O4/c1-4-8-7-10(14)9(5-2)12(15)11(8)13(16)17-6-3/h7,14-15H,4-6H2,1-3H3. The number of carbonyl (C=O) groups is 1. The van der Waals surface area contributed by atoms with Gasteiger partial charge in [-0.05, 0) is 31.4 Å². The van der Waals surface area contributed by atoms with Crippen molar-refractivity contribution in [2.75, 3.05) is 6.61 Å². The molecule has 0 saturated carbocycles. The number of hydrogen-bond donors (Lipinski definition) is 2. The monoisotopic (exact) mass is 238 g/mol. The smallest absolute Gasteiger partial charge is 0.342 e. The molecule has 0 fully saturated rings. The van der Waals surface area contributed by atoms with Crippen LogP contribution in [-0.2, 0) is 17.6 Å². The van der Waals surface area contributed by atoms with Gasteiger partial charge in [-0.3, -0.25) is 0 Å². The van der Waals surface area contributed by atoms with Crippen molar-refractivity contribution < 1.29 is 19.7 Å². The van der Waals surface area contributed by atoms with Crippen LogP contribution in [0.2, 0.25) is 0 Å². The molecule has 0 bridgehead atoms. The molecule has 0 heterocycles. The Labute approximate surface area is 101 Å². The van der Waals surface area contributed by atoms with E-state index in [1.165, 1.54) is 6.07 Å². The fourth-order valence-electron chi connectivity index (χ4n) is 1.81. The Morgan fingerprint density at radius 3 is 2.35 bits per heavy atom. The predicted molar refractivity (Wildman–Crippen MR) is 64.5 cm³/mol. The molecule has 0 atom stereocenters. The molecule has 1 aromatic rings. The van der Waals surface area contributed by atoms with Crippen LogP contribution in [0.4, 0.5) is 0 Å². The molecule has 1 rings (SSSR count). The molecular formula is C13H18O4. The lowest BCUT2D eigenvalue weighted by Crippen LogP contribution is -2.09. The molecule has 0 unspecified atom stereocenters. The van der Waals surface area contributed by atoms with E-state index in [0.717, 1.165) is 0 Å². The van der Waals surface area contributed by atoms with Crippen LogP contribution in [0.5, 0.6) is 11.5 Å². The van der Waals surface area contributed by atoms with E-state index in [2.05, 4.69) is 0 Å². The van der Waals surface area contributed by atoms with Crippen molar-refractivity contribution in [2.24, 2.45) is 0 Å². The molecule has 2 N–H and O–H groups in total. The molecule has 0 aliphatic carbocycles. The number of phenols is 2. The van der Waals surface area contributed by atoms with Gasteiger partial charge in [0.2, 0.25) is 0 Å². The fourth-order valence-corrected chi connectivity index (χ4v) is 1.81. The highest BCUT2D eigenvalue weighted by Gasteiger charge is 2.21. The number of aryl methyl sites for hydroxylation is 1. The van der Waals surface area contributed by atoms with E-state index in [1.807, 2.05) is 6.92 Å². The Balaban J connectivity index is 3.39.